The van der Waals surface area contributed by atoms with Crippen LogP contribution in [0.25, 0.3) is 0 Å². The van der Waals surface area contributed by atoms with Crippen molar-refractivity contribution in [3.8, 4) is 0 Å². The smallest absolute Gasteiger partial charge is 0.158 e. The molecule has 0 aromatic rings. The molecule has 1 aliphatic heterocycles. The molecule has 1 saturated heterocycles. The summed E-state index contributed by atoms with van der Waals surface area (Å²) in [5, 5.41) is 0. The standard InChI is InChI=1S/C10H19NO2/c1-9(5-6-11)8-13-10-4-2-3-7-12-10/h5,10H,2-4,6-8,11H2,1H3/b9-5+. The van der Waals surface area contributed by atoms with E-state index in [0.29, 0.717) is 13.2 Å². The van der Waals surface area contributed by atoms with Crippen LogP contribution in [0.2, 0.25) is 0 Å². The second kappa shape index (κ2) is 6.13. The zero-order valence-electron chi connectivity index (χ0n) is 8.29. The average molecular weight is 185 g/mol. The van der Waals surface area contributed by atoms with Crippen molar-refractivity contribution < 1.29 is 9.47 Å². The Balaban J connectivity index is 2.13. The van der Waals surface area contributed by atoms with Gasteiger partial charge in [-0.1, -0.05) is 11.6 Å². The van der Waals surface area contributed by atoms with Crippen LogP contribution < -0.4 is 5.73 Å². The van der Waals surface area contributed by atoms with E-state index in [0.717, 1.165) is 19.4 Å². The van der Waals surface area contributed by atoms with Gasteiger partial charge in [-0.15, -0.1) is 0 Å². The average Bonchev–Trinajstić information content (AvgIpc) is 2.17. The molecule has 76 valence electrons. The molecule has 0 spiro atoms. The molecule has 0 amide bonds. The predicted octanol–water partition coefficient (Wildman–Crippen LogP) is 1.43. The Labute approximate surface area is 79.9 Å². The Hall–Kier alpha value is -0.380. The SMILES string of the molecule is C/C(=C\CN)COC1CCCCO1. The Morgan fingerprint density at radius 1 is 1.62 bits per heavy atom. The van der Waals surface area contributed by atoms with Crippen molar-refractivity contribution in [2.75, 3.05) is 19.8 Å². The van der Waals surface area contributed by atoms with Crippen molar-refractivity contribution in [2.45, 2.75) is 32.5 Å². The normalized spacial score (nSPS) is 24.8. The highest BCUT2D eigenvalue weighted by atomic mass is 16.7. The maximum absolute atomic E-state index is 5.55. The second-order valence-electron chi connectivity index (χ2n) is 3.39. The molecule has 3 nitrogen and oxygen atoms in total. The van der Waals surface area contributed by atoms with Crippen LogP contribution >= 0.6 is 0 Å². The summed E-state index contributed by atoms with van der Waals surface area (Å²) in [5.74, 6) is 0. The summed E-state index contributed by atoms with van der Waals surface area (Å²) in [5.41, 5.74) is 6.55. The third-order valence-electron chi connectivity index (χ3n) is 2.10. The van der Waals surface area contributed by atoms with Crippen LogP contribution in [0.15, 0.2) is 11.6 Å². The lowest BCUT2D eigenvalue weighted by atomic mass is 10.2. The van der Waals surface area contributed by atoms with Gasteiger partial charge in [0.2, 0.25) is 0 Å². The highest BCUT2D eigenvalue weighted by Crippen LogP contribution is 2.14. The molecular weight excluding hydrogens is 166 g/mol. The minimum atomic E-state index is 0.00914. The van der Waals surface area contributed by atoms with Crippen LogP contribution in [0.1, 0.15) is 26.2 Å². The molecule has 1 heterocycles. The maximum atomic E-state index is 5.55. The summed E-state index contributed by atoms with van der Waals surface area (Å²) >= 11 is 0. The van der Waals surface area contributed by atoms with Gasteiger partial charge in [0.1, 0.15) is 0 Å². The molecular formula is C10H19NO2. The Morgan fingerprint density at radius 2 is 2.46 bits per heavy atom. The van der Waals surface area contributed by atoms with Gasteiger partial charge in [0.15, 0.2) is 6.29 Å². The summed E-state index contributed by atoms with van der Waals surface area (Å²) in [6.45, 7) is 4.09. The zero-order valence-corrected chi connectivity index (χ0v) is 8.29. The zero-order chi connectivity index (χ0) is 9.52. The lowest BCUT2D eigenvalue weighted by molar-refractivity contribution is -0.156. The summed E-state index contributed by atoms with van der Waals surface area (Å²) in [7, 11) is 0. The molecule has 1 aliphatic rings. The fraction of sp³-hybridized carbons (Fsp3) is 0.800. The van der Waals surface area contributed by atoms with Gasteiger partial charge >= 0.3 is 0 Å². The lowest BCUT2D eigenvalue weighted by Gasteiger charge is -2.22. The summed E-state index contributed by atoms with van der Waals surface area (Å²) in [4.78, 5) is 0. The topological polar surface area (TPSA) is 44.5 Å². The number of hydrogen-bond donors (Lipinski definition) is 1. The molecule has 1 fully saturated rings. The summed E-state index contributed by atoms with van der Waals surface area (Å²) in [6.07, 6.45) is 5.38. The third kappa shape index (κ3) is 4.41. The molecule has 0 aliphatic carbocycles. The van der Waals surface area contributed by atoms with E-state index in [4.69, 9.17) is 15.2 Å². The third-order valence-corrected chi connectivity index (χ3v) is 2.10. The van der Waals surface area contributed by atoms with Gasteiger partial charge in [0.25, 0.3) is 0 Å². The molecule has 1 unspecified atom stereocenters. The molecule has 0 bridgehead atoms. The van der Waals surface area contributed by atoms with Crippen molar-refractivity contribution in [3.63, 3.8) is 0 Å². The molecule has 0 saturated carbocycles. The van der Waals surface area contributed by atoms with Crippen molar-refractivity contribution in [2.24, 2.45) is 5.73 Å². The molecule has 1 rings (SSSR count). The van der Waals surface area contributed by atoms with E-state index in [2.05, 4.69) is 0 Å². The molecule has 3 heteroatoms. The first-order valence-electron chi connectivity index (χ1n) is 4.92. The Morgan fingerprint density at radius 3 is 3.08 bits per heavy atom. The fourth-order valence-corrected chi connectivity index (χ4v) is 1.33. The van der Waals surface area contributed by atoms with Crippen molar-refractivity contribution in [3.05, 3.63) is 11.6 Å². The first-order valence-corrected chi connectivity index (χ1v) is 4.92. The van der Waals surface area contributed by atoms with Crippen LogP contribution in [-0.2, 0) is 9.47 Å². The summed E-state index contributed by atoms with van der Waals surface area (Å²) < 4.78 is 11.0. The van der Waals surface area contributed by atoms with Gasteiger partial charge in [-0.25, -0.2) is 0 Å². The molecule has 1 atom stereocenters. The second-order valence-corrected chi connectivity index (χ2v) is 3.39. The van der Waals surface area contributed by atoms with E-state index in [-0.39, 0.29) is 6.29 Å². The number of ether oxygens (including phenoxy) is 2. The molecule has 2 N–H and O–H groups in total. The largest absolute Gasteiger partial charge is 0.353 e. The Bertz CT molecular complexity index is 162. The number of nitrogens with two attached hydrogens (primary N) is 1. The van der Waals surface area contributed by atoms with Gasteiger partial charge < -0.3 is 15.2 Å². The van der Waals surface area contributed by atoms with E-state index in [1.54, 1.807) is 0 Å². The monoisotopic (exact) mass is 185 g/mol. The van der Waals surface area contributed by atoms with E-state index in [1.165, 1.54) is 12.0 Å². The van der Waals surface area contributed by atoms with E-state index < -0.39 is 0 Å². The maximum Gasteiger partial charge on any atom is 0.158 e. The van der Waals surface area contributed by atoms with Crippen molar-refractivity contribution in [1.29, 1.82) is 0 Å². The quantitative estimate of drug-likeness (QED) is 0.674. The predicted molar refractivity (Wildman–Crippen MR) is 52.4 cm³/mol. The van der Waals surface area contributed by atoms with E-state index in [1.807, 2.05) is 13.0 Å². The minimum Gasteiger partial charge on any atom is -0.353 e. The van der Waals surface area contributed by atoms with Crippen molar-refractivity contribution in [1.82, 2.24) is 0 Å². The lowest BCUT2D eigenvalue weighted by Crippen LogP contribution is -2.23. The molecule has 13 heavy (non-hydrogen) atoms. The minimum absolute atomic E-state index is 0.00914. The number of hydrogen-bond acceptors (Lipinski definition) is 3. The van der Waals surface area contributed by atoms with Crippen LogP contribution in [0.5, 0.6) is 0 Å². The first kappa shape index (κ1) is 10.7. The van der Waals surface area contributed by atoms with Crippen LogP contribution in [-0.4, -0.2) is 26.0 Å². The van der Waals surface area contributed by atoms with Gasteiger partial charge in [-0.3, -0.25) is 0 Å². The van der Waals surface area contributed by atoms with Gasteiger partial charge in [-0.2, -0.15) is 0 Å². The molecule has 0 aromatic heterocycles. The first-order chi connectivity index (χ1) is 6.33. The Kier molecular flexibility index (Phi) is 5.05. The van der Waals surface area contributed by atoms with Gasteiger partial charge in [-0.05, 0) is 26.2 Å². The molecule has 0 radical (unpaired) electrons. The van der Waals surface area contributed by atoms with Gasteiger partial charge in [0, 0.05) is 13.2 Å². The van der Waals surface area contributed by atoms with E-state index >= 15 is 0 Å². The fourth-order valence-electron chi connectivity index (χ4n) is 1.33. The highest BCUT2D eigenvalue weighted by molar-refractivity contribution is 4.98. The number of rotatable bonds is 4. The van der Waals surface area contributed by atoms with Crippen LogP contribution in [0, 0.1) is 0 Å². The van der Waals surface area contributed by atoms with E-state index in [9.17, 15) is 0 Å². The van der Waals surface area contributed by atoms with Crippen LogP contribution in [0.4, 0.5) is 0 Å². The van der Waals surface area contributed by atoms with Gasteiger partial charge in [0.05, 0.1) is 6.61 Å². The summed E-state index contributed by atoms with van der Waals surface area (Å²) in [6, 6.07) is 0. The molecule has 0 aromatic carbocycles. The van der Waals surface area contributed by atoms with Crippen molar-refractivity contribution >= 4 is 0 Å². The highest BCUT2D eigenvalue weighted by Gasteiger charge is 2.13. The van der Waals surface area contributed by atoms with Crippen LogP contribution in [0.3, 0.4) is 0 Å².